The van der Waals surface area contributed by atoms with E-state index < -0.39 is 102 Å². The Hall–Kier alpha value is -8.16. The van der Waals surface area contributed by atoms with Gasteiger partial charge in [-0.25, -0.2) is 9.78 Å². The Labute approximate surface area is 437 Å². The molecule has 2 aromatic carbocycles. The summed E-state index contributed by atoms with van der Waals surface area (Å²) in [5.74, 6) is -6.99. The van der Waals surface area contributed by atoms with E-state index >= 15 is 0 Å². The van der Waals surface area contributed by atoms with E-state index in [-0.39, 0.29) is 63.9 Å². The second-order valence-corrected chi connectivity index (χ2v) is 19.4. The topological polar surface area (TPSA) is 402 Å². The van der Waals surface area contributed by atoms with Gasteiger partial charge in [-0.05, 0) is 75.7 Å². The van der Waals surface area contributed by atoms with Crippen molar-refractivity contribution in [2.75, 3.05) is 25.1 Å². The highest BCUT2D eigenvalue weighted by molar-refractivity contribution is 7.98. The van der Waals surface area contributed by atoms with Gasteiger partial charge in [-0.2, -0.15) is 11.8 Å². The summed E-state index contributed by atoms with van der Waals surface area (Å²) in [6.45, 7) is 4.25. The van der Waals surface area contributed by atoms with Crippen molar-refractivity contribution in [3.8, 4) is 0 Å². The minimum atomic E-state index is -1.47. The summed E-state index contributed by atoms with van der Waals surface area (Å²) in [7, 11) is 0. The van der Waals surface area contributed by atoms with Gasteiger partial charge in [0.25, 0.3) is 0 Å². The van der Waals surface area contributed by atoms with Gasteiger partial charge in [0.1, 0.15) is 48.4 Å². The molecule has 2 heterocycles. The molecule has 0 spiro atoms. The average Bonchev–Trinajstić information content (AvgIpc) is 4.03. The number of hydrogen-bond donors (Lipinski definition) is 13. The van der Waals surface area contributed by atoms with E-state index in [1.54, 1.807) is 69.6 Å². The van der Waals surface area contributed by atoms with Crippen LogP contribution in [0.1, 0.15) is 69.7 Å². The molecule has 0 aliphatic rings. The molecule has 75 heavy (non-hydrogen) atoms. The Kier molecular flexibility index (Phi) is 23.4. The second kappa shape index (κ2) is 29.5. The number of benzene rings is 2. The molecule has 0 aliphatic carbocycles. The lowest BCUT2D eigenvalue weighted by Crippen LogP contribution is -2.60. The van der Waals surface area contributed by atoms with Crippen molar-refractivity contribution in [2.45, 2.75) is 114 Å². The first-order chi connectivity index (χ1) is 35.6. The number of aliphatic carboxylic acids is 1. The van der Waals surface area contributed by atoms with Gasteiger partial charge >= 0.3 is 12.1 Å². The number of H-pyrrole nitrogens is 2. The van der Waals surface area contributed by atoms with Crippen LogP contribution in [0.15, 0.2) is 78.3 Å². The zero-order valence-corrected chi connectivity index (χ0v) is 43.1. The number of nitrogens with two attached hydrogens (primary N) is 3. The van der Waals surface area contributed by atoms with E-state index in [1.165, 1.54) is 24.3 Å². The first-order valence-electron chi connectivity index (χ1n) is 24.0. The number of para-hydroxylation sites is 1. The molecule has 0 fully saturated rings. The number of primary amides is 1. The molecule has 8 amide bonds. The van der Waals surface area contributed by atoms with Crippen LogP contribution in [-0.2, 0) is 62.4 Å². The third-order valence-electron chi connectivity index (χ3n) is 11.2. The first kappa shape index (κ1) is 59.4. The number of guanidine groups is 1. The minimum absolute atomic E-state index is 0.0403. The number of carbonyl (C=O) groups is 9. The SMILES string of the molecule is CSCC[C@H](NC(=O)OC(C)(C)C)C(=O)N[C@@H](CCC(N)=O)C(=O)N[C@@H](Cc1cnc[nH]1)C(=O)N[C@@H](Cc1ccccc1)C(=O)N[C@@H](CCCN=C(N)N)C(=O)N[C@@H](Cc1c[nH]c2ccccc12)C(=O)NCC(=O)O. The van der Waals surface area contributed by atoms with Crippen molar-refractivity contribution < 1.29 is 53.0 Å². The molecule has 16 N–H and O–H groups in total. The second-order valence-electron chi connectivity index (χ2n) is 18.4. The maximum Gasteiger partial charge on any atom is 0.408 e. The number of amides is 8. The number of carbonyl (C=O) groups excluding carboxylic acids is 8. The maximum atomic E-state index is 14.6. The van der Waals surface area contributed by atoms with Crippen molar-refractivity contribution in [3.63, 3.8) is 0 Å². The number of aromatic nitrogens is 3. The third kappa shape index (κ3) is 21.1. The van der Waals surface area contributed by atoms with Crippen LogP contribution in [0.4, 0.5) is 4.79 Å². The van der Waals surface area contributed by atoms with Crippen molar-refractivity contribution >= 4 is 82.0 Å². The average molecular weight is 1060 g/mol. The quantitative estimate of drug-likeness (QED) is 0.0178. The van der Waals surface area contributed by atoms with Gasteiger partial charge in [-0.3, -0.25) is 43.3 Å². The van der Waals surface area contributed by atoms with Crippen LogP contribution in [0, 0.1) is 0 Å². The van der Waals surface area contributed by atoms with E-state index in [2.05, 4.69) is 57.2 Å². The van der Waals surface area contributed by atoms with Crippen molar-refractivity contribution in [1.82, 2.24) is 52.2 Å². The van der Waals surface area contributed by atoms with Gasteiger partial charge in [0.05, 0.1) is 6.33 Å². The zero-order chi connectivity index (χ0) is 55.1. The Morgan fingerprint density at radius 3 is 1.83 bits per heavy atom. The zero-order valence-electron chi connectivity index (χ0n) is 42.2. The van der Waals surface area contributed by atoms with Crippen molar-refractivity contribution in [1.29, 1.82) is 0 Å². The minimum Gasteiger partial charge on any atom is -0.480 e. The van der Waals surface area contributed by atoms with E-state index in [4.69, 9.17) is 21.9 Å². The molecule has 6 atom stereocenters. The third-order valence-corrected chi connectivity index (χ3v) is 11.8. The van der Waals surface area contributed by atoms with Crippen LogP contribution >= 0.6 is 11.8 Å². The predicted octanol–water partition coefficient (Wildman–Crippen LogP) is -0.491. The maximum absolute atomic E-state index is 14.6. The number of rotatable bonds is 30. The Balaban J connectivity index is 1.65. The highest BCUT2D eigenvalue weighted by atomic mass is 32.2. The number of hydrogen-bond acceptors (Lipinski definition) is 13. The summed E-state index contributed by atoms with van der Waals surface area (Å²) in [5.41, 5.74) is 18.0. The fraction of sp³-hybridized carbons (Fsp3) is 0.449. The number of fused-ring (bicyclic) bond motifs is 1. The smallest absolute Gasteiger partial charge is 0.408 e. The molecule has 2 aromatic heterocycles. The largest absolute Gasteiger partial charge is 0.480 e. The van der Waals surface area contributed by atoms with Crippen LogP contribution in [0.3, 0.4) is 0 Å². The van der Waals surface area contributed by atoms with Crippen LogP contribution in [0.25, 0.3) is 10.9 Å². The summed E-state index contributed by atoms with van der Waals surface area (Å²) in [6, 6.07) is 7.55. The number of nitrogens with one attached hydrogen (secondary N) is 9. The standard InChI is InChI=1S/C49H68N14O11S/c1-49(2,3)74-48(73)63-35(18-20-75-4)44(70)59-34(16-17-39(50)64)43(69)62-38(23-30-25-53-27-57-30)46(72)60-36(21-28-11-6-5-7-12-28)45(71)58-33(15-10-19-54-47(51)52)42(68)61-37(41(67)56-26-40(65)66)22-29-24-55-32-14-9-8-13-31(29)32/h5-9,11-14,24-25,27,33-38,55H,10,15-23,26H2,1-4H3,(H2,50,64)(H,53,57)(H,56,67)(H,58,71)(H,59,70)(H,60,72)(H,61,68)(H,62,69)(H,63,73)(H,65,66)(H4,51,52,54)/t33-,34-,35-,36-,37-,38-/m0/s1. The molecule has 25 nitrogen and oxygen atoms in total. The lowest BCUT2D eigenvalue weighted by atomic mass is 10.0. The van der Waals surface area contributed by atoms with E-state index in [9.17, 15) is 48.3 Å². The van der Waals surface area contributed by atoms with Gasteiger partial charge in [0.15, 0.2) is 5.96 Å². The van der Waals surface area contributed by atoms with Crippen LogP contribution < -0.4 is 54.4 Å². The molecule has 0 unspecified atom stereocenters. The van der Waals surface area contributed by atoms with E-state index in [1.807, 2.05) is 18.2 Å². The first-order valence-corrected chi connectivity index (χ1v) is 25.4. The number of aliphatic imine (C=N–C) groups is 1. The number of carboxylic acids is 1. The normalized spacial score (nSPS) is 13.5. The highest BCUT2D eigenvalue weighted by Crippen LogP contribution is 2.20. The summed E-state index contributed by atoms with van der Waals surface area (Å²) < 4.78 is 5.35. The summed E-state index contributed by atoms with van der Waals surface area (Å²) in [4.78, 5) is 135. The lowest BCUT2D eigenvalue weighted by molar-refractivity contribution is -0.138. The van der Waals surface area contributed by atoms with Gasteiger partial charge in [0.2, 0.25) is 41.4 Å². The van der Waals surface area contributed by atoms with Crippen LogP contribution in [0.5, 0.6) is 0 Å². The Bertz CT molecular complexity index is 2600. The lowest BCUT2D eigenvalue weighted by Gasteiger charge is -2.28. The van der Waals surface area contributed by atoms with Crippen LogP contribution in [-0.4, -0.2) is 146 Å². The Morgan fingerprint density at radius 2 is 1.25 bits per heavy atom. The number of aromatic amines is 2. The molecular weight excluding hydrogens is 993 g/mol. The number of carboxylic acid groups (broad SMARTS) is 1. The Morgan fingerprint density at radius 1 is 0.693 bits per heavy atom. The van der Waals surface area contributed by atoms with Crippen LogP contribution in [0.2, 0.25) is 0 Å². The summed E-state index contributed by atoms with van der Waals surface area (Å²) in [5, 5.41) is 28.3. The highest BCUT2D eigenvalue weighted by Gasteiger charge is 2.35. The molecular formula is C49H68N14O11S. The predicted molar refractivity (Wildman–Crippen MR) is 279 cm³/mol. The van der Waals surface area contributed by atoms with Crippen molar-refractivity contribution in [2.24, 2.45) is 22.2 Å². The van der Waals surface area contributed by atoms with Gasteiger partial charge in [-0.15, -0.1) is 0 Å². The monoisotopic (exact) mass is 1060 g/mol. The summed E-state index contributed by atoms with van der Waals surface area (Å²) >= 11 is 1.40. The van der Waals surface area contributed by atoms with Crippen molar-refractivity contribution in [3.05, 3.63) is 90.1 Å². The molecule has 406 valence electrons. The number of thioether (sulfide) groups is 1. The van der Waals surface area contributed by atoms with Gasteiger partial charge < -0.3 is 74.2 Å². The molecule has 0 radical (unpaired) electrons. The van der Waals surface area contributed by atoms with E-state index in [0.29, 0.717) is 22.6 Å². The molecule has 26 heteroatoms. The number of ether oxygens (including phenoxy) is 1. The molecule has 0 aliphatic heterocycles. The molecule has 0 saturated heterocycles. The number of imidazole rings is 1. The molecule has 4 aromatic rings. The van der Waals surface area contributed by atoms with E-state index in [0.717, 1.165) is 10.9 Å². The fourth-order valence-corrected chi connectivity index (χ4v) is 8.02. The molecule has 0 bridgehead atoms. The van der Waals surface area contributed by atoms with Gasteiger partial charge in [-0.1, -0.05) is 48.5 Å². The fourth-order valence-electron chi connectivity index (χ4n) is 7.54. The molecule has 0 saturated carbocycles. The number of alkyl carbamates (subject to hydrolysis) is 1. The molecule has 4 rings (SSSR count). The number of nitrogens with zero attached hydrogens (tertiary/aromatic N) is 2. The summed E-state index contributed by atoms with van der Waals surface area (Å²) in [6.07, 6.45) is 4.44. The van der Waals surface area contributed by atoms with Gasteiger partial charge in [0, 0.05) is 61.2 Å².